The van der Waals surface area contributed by atoms with Crippen LogP contribution in [0.15, 0.2) is 24.3 Å². The molecule has 164 valence electrons. The lowest BCUT2D eigenvalue weighted by atomic mass is 8.39. The van der Waals surface area contributed by atoms with Crippen LogP contribution in [-0.2, 0) is 0 Å². The quantitative estimate of drug-likeness (QED) is 0.296. The van der Waals surface area contributed by atoms with Gasteiger partial charge in [0.25, 0.3) is 0 Å². The van der Waals surface area contributed by atoms with Crippen LogP contribution in [0.3, 0.4) is 0 Å². The molecule has 0 aliphatic carbocycles. The van der Waals surface area contributed by atoms with Crippen LogP contribution in [0, 0.1) is 20.8 Å². The second-order valence-corrected chi connectivity index (χ2v) is 13.7. The Hall–Kier alpha value is -0.271. The van der Waals surface area contributed by atoms with E-state index in [0.29, 0.717) is 64.0 Å². The van der Waals surface area contributed by atoms with Crippen LogP contribution in [-0.4, -0.2) is 166 Å². The number of hydrogen-bond acceptors (Lipinski definition) is 2. The molecule has 0 bridgehead atoms. The van der Waals surface area contributed by atoms with Crippen molar-refractivity contribution in [2.45, 2.75) is 20.8 Å². The SMILES string of the molecule is BBB(B(B)B)B(B(B(B)B)B(B)B)B(B(B(B)B)B(B)B)c1cc(C)cc(-c2nc(C)cc(C)n2)c1. The molecule has 0 aliphatic rings. The molecule has 0 amide bonds. The predicted octanol–water partition coefficient (Wildman–Crippen LogP) is -12.3. The minimum absolute atomic E-state index is 0.492. The third kappa shape index (κ3) is 8.36. The highest BCUT2D eigenvalue weighted by molar-refractivity contribution is 8.18. The van der Waals surface area contributed by atoms with Crippen molar-refractivity contribution >= 4 is 162 Å². The van der Waals surface area contributed by atoms with Crippen LogP contribution < -0.4 is 5.46 Å². The number of nitrogens with zero attached hydrogens (tertiary/aromatic N) is 2. The molecule has 1 aromatic heterocycles. The zero-order valence-corrected chi connectivity index (χ0v) is 26.7. The molecular formula is C13H36B22N2. The van der Waals surface area contributed by atoms with E-state index in [0.717, 1.165) is 17.2 Å². The van der Waals surface area contributed by atoms with E-state index in [4.69, 9.17) is 9.97 Å². The highest BCUT2D eigenvalue weighted by atomic mass is 14.9. The Kier molecular flexibility index (Phi) is 12.8. The van der Waals surface area contributed by atoms with Gasteiger partial charge in [0, 0.05) is 81.5 Å². The number of aromatic nitrogens is 2. The predicted molar refractivity (Wildman–Crippen MR) is 220 cm³/mol. The molecule has 2 rings (SSSR count). The fraction of sp³-hybridized carbons (Fsp3) is 0.231. The van der Waals surface area contributed by atoms with Gasteiger partial charge in [0.1, 0.15) is 0 Å². The third-order valence-corrected chi connectivity index (χ3v) is 8.90. The number of aryl methyl sites for hydroxylation is 3. The molecule has 0 saturated heterocycles. The van der Waals surface area contributed by atoms with Gasteiger partial charge in [-0.05, 0) is 32.9 Å². The van der Waals surface area contributed by atoms with Gasteiger partial charge in [-0.2, -0.15) is 0 Å². The molecule has 1 heterocycles. The lowest BCUT2D eigenvalue weighted by molar-refractivity contribution is 1.06. The Morgan fingerprint density at radius 1 is 0.595 bits per heavy atom. The van der Waals surface area contributed by atoms with E-state index in [1.807, 2.05) is 0 Å². The van der Waals surface area contributed by atoms with Crippen molar-refractivity contribution in [3.63, 3.8) is 0 Å². The maximum Gasteiger partial charge on any atom is 0.159 e. The van der Waals surface area contributed by atoms with Crippen molar-refractivity contribution in [3.05, 3.63) is 41.2 Å². The number of rotatable bonds is 12. The van der Waals surface area contributed by atoms with Gasteiger partial charge in [-0.3, -0.25) is 0 Å². The molecule has 0 radical (unpaired) electrons. The van der Waals surface area contributed by atoms with Crippen LogP contribution in [0.5, 0.6) is 0 Å². The molecule has 0 atom stereocenters. The molecule has 1 aromatic carbocycles. The largest absolute Gasteiger partial charge is 0.233 e. The summed E-state index contributed by atoms with van der Waals surface area (Å²) < 4.78 is 0. The molecule has 0 N–H and O–H groups in total. The fourth-order valence-electron chi connectivity index (χ4n) is 7.93. The van der Waals surface area contributed by atoms with Gasteiger partial charge in [-0.15, -0.1) is 0 Å². The Balaban J connectivity index is 2.93. The zero-order chi connectivity index (χ0) is 28.2. The summed E-state index contributed by atoms with van der Waals surface area (Å²) >= 11 is 0. The summed E-state index contributed by atoms with van der Waals surface area (Å²) in [6, 6.07) is 9.30. The molecule has 0 aliphatic heterocycles. The van der Waals surface area contributed by atoms with Gasteiger partial charge in [-0.1, -0.05) is 23.2 Å². The minimum Gasteiger partial charge on any atom is -0.233 e. The highest BCUT2D eigenvalue weighted by Crippen LogP contribution is 2.19. The Morgan fingerprint density at radius 2 is 1.08 bits per heavy atom. The van der Waals surface area contributed by atoms with Crippen LogP contribution in [0.1, 0.15) is 17.0 Å². The van der Waals surface area contributed by atoms with Crippen molar-refractivity contribution in [1.29, 1.82) is 0 Å². The first-order valence-electron chi connectivity index (χ1n) is 15.1. The summed E-state index contributed by atoms with van der Waals surface area (Å²) in [7, 11) is 28.2. The van der Waals surface area contributed by atoms with E-state index < -0.39 is 0 Å². The summed E-state index contributed by atoms with van der Waals surface area (Å²) in [4.78, 5) is 9.73. The van der Waals surface area contributed by atoms with Gasteiger partial charge in [-0.25, -0.2) is 9.97 Å². The van der Waals surface area contributed by atoms with E-state index in [9.17, 15) is 0 Å². The van der Waals surface area contributed by atoms with Crippen LogP contribution in [0.25, 0.3) is 11.4 Å². The molecule has 24 heteroatoms. The van der Waals surface area contributed by atoms with Crippen molar-refractivity contribution in [2.24, 2.45) is 0 Å². The molecule has 37 heavy (non-hydrogen) atoms. The van der Waals surface area contributed by atoms with E-state index in [2.05, 4.69) is 130 Å². The monoisotopic (exact) mass is 462 g/mol. The lowest BCUT2D eigenvalue weighted by Gasteiger charge is -2.44. The average molecular weight is 458 g/mol. The molecule has 0 spiro atoms. The molecule has 0 saturated carbocycles. The number of hydrogen-bond donors (Lipinski definition) is 0. The molecule has 2 aromatic rings. The number of benzene rings is 1. The topological polar surface area (TPSA) is 25.8 Å². The lowest BCUT2D eigenvalue weighted by Crippen LogP contribution is -2.84. The highest BCUT2D eigenvalue weighted by Gasteiger charge is 2.50. The first kappa shape index (κ1) is 32.9. The van der Waals surface area contributed by atoms with E-state index in [-0.39, 0.29) is 0 Å². The van der Waals surface area contributed by atoms with Crippen LogP contribution in [0.4, 0.5) is 0 Å². The maximum atomic E-state index is 4.87. The average Bonchev–Trinajstić information content (AvgIpc) is 2.74. The summed E-state index contributed by atoms with van der Waals surface area (Å²) in [6.07, 6.45) is 5.74. The first-order chi connectivity index (χ1) is 17.2. The van der Waals surface area contributed by atoms with Crippen LogP contribution >= 0.6 is 0 Å². The summed E-state index contributed by atoms with van der Waals surface area (Å²) in [6.45, 7) is 6.90. The summed E-state index contributed by atoms with van der Waals surface area (Å²) in [5.74, 6) is 0.864. The summed E-state index contributed by atoms with van der Waals surface area (Å²) in [5, 5.41) is 0. The molecule has 2 nitrogen and oxygen atoms in total. The van der Waals surface area contributed by atoms with Crippen molar-refractivity contribution in [2.75, 3.05) is 0 Å². The third-order valence-electron chi connectivity index (χ3n) is 8.90. The smallest absolute Gasteiger partial charge is 0.159 e. The van der Waals surface area contributed by atoms with Gasteiger partial charge < -0.3 is 0 Å². The standard InChI is InChI=1S/C13H36B22N2/c1-8-4-11(13-36-9(2)6-10(3)37-13)7-12(5-8)26(33(28(17)18)29(19)20)34(32(25-14)27(15)16)35(30(21)22)31(23)24/h4-7,25H,14-24H2,1-3H3. The Labute approximate surface area is 244 Å². The van der Waals surface area contributed by atoms with Crippen molar-refractivity contribution in [1.82, 2.24) is 9.97 Å². The fourth-order valence-corrected chi connectivity index (χ4v) is 7.93. The van der Waals surface area contributed by atoms with E-state index in [1.165, 1.54) is 23.7 Å². The van der Waals surface area contributed by atoms with E-state index >= 15 is 0 Å². The molecule has 0 unspecified atom stereocenters. The van der Waals surface area contributed by atoms with Gasteiger partial charge in [0.05, 0.1) is 91.6 Å². The first-order valence-corrected chi connectivity index (χ1v) is 15.1. The Bertz CT molecular complexity index is 982. The maximum absolute atomic E-state index is 4.87. The van der Waals surface area contributed by atoms with Crippen LogP contribution in [0.2, 0.25) is 0 Å². The Morgan fingerprint density at radius 3 is 1.49 bits per heavy atom. The van der Waals surface area contributed by atoms with Gasteiger partial charge >= 0.3 is 0 Å². The summed E-state index contributed by atoms with van der Waals surface area (Å²) in [5.41, 5.74) is 6.05. The zero-order valence-electron chi connectivity index (χ0n) is 26.7. The molecule has 0 fully saturated rings. The van der Waals surface area contributed by atoms with Gasteiger partial charge in [0.2, 0.25) is 0 Å². The van der Waals surface area contributed by atoms with Crippen molar-refractivity contribution < 1.29 is 0 Å². The second-order valence-electron chi connectivity index (χ2n) is 13.7. The van der Waals surface area contributed by atoms with Gasteiger partial charge in [0.15, 0.2) is 5.82 Å². The molecular weight excluding hydrogens is 422 g/mol. The normalized spacial score (nSPS) is 10.1. The van der Waals surface area contributed by atoms with E-state index in [1.54, 1.807) is 0 Å². The second kappa shape index (κ2) is 14.4. The minimum atomic E-state index is 0.492. The van der Waals surface area contributed by atoms with Crippen molar-refractivity contribution in [3.8, 4) is 11.4 Å².